The third-order valence-electron chi connectivity index (χ3n) is 3.12. The van der Waals surface area contributed by atoms with Crippen LogP contribution in [0.5, 0.6) is 5.75 Å². The van der Waals surface area contributed by atoms with Crippen molar-refractivity contribution in [3.05, 3.63) is 47.5 Å². The highest BCUT2D eigenvalue weighted by atomic mass is 19.3. The molecule has 2 rings (SSSR count). The lowest BCUT2D eigenvalue weighted by atomic mass is 10.2. The van der Waals surface area contributed by atoms with Gasteiger partial charge in [0.1, 0.15) is 11.6 Å². The average Bonchev–Trinajstić information content (AvgIpc) is 2.86. The zero-order valence-electron chi connectivity index (χ0n) is 12.3. The number of alkyl halides is 2. The van der Waals surface area contributed by atoms with Crippen LogP contribution in [0.3, 0.4) is 0 Å². The molecule has 2 N–H and O–H groups in total. The number of rotatable bonds is 8. The minimum absolute atomic E-state index is 0.0414. The Labute approximate surface area is 127 Å². The number of ether oxygens (including phenoxy) is 1. The van der Waals surface area contributed by atoms with E-state index in [-0.39, 0.29) is 12.4 Å². The van der Waals surface area contributed by atoms with Gasteiger partial charge in [-0.2, -0.15) is 8.78 Å². The minimum atomic E-state index is -2.82. The molecule has 5 nitrogen and oxygen atoms in total. The van der Waals surface area contributed by atoms with E-state index in [0.29, 0.717) is 19.6 Å². The Hall–Kier alpha value is -1.99. The normalized spacial score (nSPS) is 11.4. The second kappa shape index (κ2) is 7.86. The van der Waals surface area contributed by atoms with Crippen LogP contribution in [-0.2, 0) is 13.1 Å². The summed E-state index contributed by atoms with van der Waals surface area (Å²) >= 11 is 0. The molecule has 0 bridgehead atoms. The van der Waals surface area contributed by atoms with E-state index in [1.54, 1.807) is 18.3 Å². The highest BCUT2D eigenvalue weighted by Crippen LogP contribution is 2.16. The summed E-state index contributed by atoms with van der Waals surface area (Å²) in [6, 6.07) is 6.50. The Kier molecular flexibility index (Phi) is 5.85. The SMILES string of the molecule is Cc1ncc(CN(CCO)Cc2ccc(OC(F)F)cc2)[nH]1. The summed E-state index contributed by atoms with van der Waals surface area (Å²) in [5.41, 5.74) is 1.91. The Balaban J connectivity index is 1.97. The van der Waals surface area contributed by atoms with Gasteiger partial charge in [-0.15, -0.1) is 0 Å². The van der Waals surface area contributed by atoms with Crippen molar-refractivity contribution in [3.63, 3.8) is 0 Å². The Morgan fingerprint density at radius 3 is 2.55 bits per heavy atom. The van der Waals surface area contributed by atoms with Gasteiger partial charge in [-0.1, -0.05) is 12.1 Å². The fourth-order valence-corrected chi connectivity index (χ4v) is 2.18. The van der Waals surface area contributed by atoms with E-state index in [1.165, 1.54) is 12.1 Å². The number of aliphatic hydroxyl groups excluding tert-OH is 1. The molecule has 0 atom stereocenters. The summed E-state index contributed by atoms with van der Waals surface area (Å²) in [6.07, 6.45) is 1.76. The highest BCUT2D eigenvalue weighted by molar-refractivity contribution is 5.27. The van der Waals surface area contributed by atoms with Gasteiger partial charge < -0.3 is 14.8 Å². The molecule has 1 aromatic heterocycles. The highest BCUT2D eigenvalue weighted by Gasteiger charge is 2.09. The van der Waals surface area contributed by atoms with Crippen molar-refractivity contribution in [1.29, 1.82) is 0 Å². The van der Waals surface area contributed by atoms with Gasteiger partial charge in [0, 0.05) is 31.5 Å². The number of aromatic amines is 1. The summed E-state index contributed by atoms with van der Waals surface area (Å²) in [5, 5.41) is 9.17. The van der Waals surface area contributed by atoms with Gasteiger partial charge in [0.05, 0.1) is 6.61 Å². The zero-order chi connectivity index (χ0) is 15.9. The maximum absolute atomic E-state index is 12.1. The molecule has 0 aliphatic heterocycles. The summed E-state index contributed by atoms with van der Waals surface area (Å²) < 4.78 is 28.5. The second-order valence-electron chi connectivity index (χ2n) is 4.95. The molecule has 2 aromatic rings. The van der Waals surface area contributed by atoms with Crippen molar-refractivity contribution in [2.24, 2.45) is 0 Å². The molecular formula is C15H19F2N3O2. The lowest BCUT2D eigenvalue weighted by Crippen LogP contribution is -2.26. The first kappa shape index (κ1) is 16.4. The van der Waals surface area contributed by atoms with Crippen molar-refractivity contribution < 1.29 is 18.6 Å². The molecule has 0 fully saturated rings. The van der Waals surface area contributed by atoms with E-state index in [2.05, 4.69) is 14.7 Å². The van der Waals surface area contributed by atoms with Gasteiger partial charge in [-0.05, 0) is 24.6 Å². The van der Waals surface area contributed by atoms with Crippen LogP contribution in [-0.4, -0.2) is 39.7 Å². The Morgan fingerprint density at radius 2 is 2.00 bits per heavy atom. The molecule has 7 heteroatoms. The Bertz CT molecular complexity index is 572. The molecule has 0 amide bonds. The minimum Gasteiger partial charge on any atom is -0.435 e. The number of H-pyrrole nitrogens is 1. The molecule has 0 aliphatic rings. The lowest BCUT2D eigenvalue weighted by molar-refractivity contribution is -0.0498. The van der Waals surface area contributed by atoms with Gasteiger partial charge in [-0.3, -0.25) is 4.90 Å². The molecule has 0 spiro atoms. The van der Waals surface area contributed by atoms with Crippen molar-refractivity contribution in [3.8, 4) is 5.75 Å². The number of aromatic nitrogens is 2. The number of aliphatic hydroxyl groups is 1. The van der Waals surface area contributed by atoms with Crippen molar-refractivity contribution in [2.45, 2.75) is 26.6 Å². The van der Waals surface area contributed by atoms with Gasteiger partial charge in [0.15, 0.2) is 0 Å². The molecule has 1 heterocycles. The van der Waals surface area contributed by atoms with E-state index in [1.807, 2.05) is 11.8 Å². The maximum atomic E-state index is 12.1. The quantitative estimate of drug-likeness (QED) is 0.785. The van der Waals surface area contributed by atoms with E-state index in [4.69, 9.17) is 0 Å². The summed E-state index contributed by atoms with van der Waals surface area (Å²) in [5.74, 6) is 0.976. The fraction of sp³-hybridized carbons (Fsp3) is 0.400. The number of nitrogens with one attached hydrogen (secondary N) is 1. The van der Waals surface area contributed by atoms with Crippen molar-refractivity contribution in [1.82, 2.24) is 14.9 Å². The molecule has 22 heavy (non-hydrogen) atoms. The fourth-order valence-electron chi connectivity index (χ4n) is 2.18. The van der Waals surface area contributed by atoms with Crippen molar-refractivity contribution in [2.75, 3.05) is 13.2 Å². The second-order valence-corrected chi connectivity index (χ2v) is 4.95. The molecule has 0 aliphatic carbocycles. The van der Waals surface area contributed by atoms with Crippen LogP contribution < -0.4 is 4.74 Å². The number of imidazole rings is 1. The molecule has 0 radical (unpaired) electrons. The van der Waals surface area contributed by atoms with Crippen LogP contribution in [0.4, 0.5) is 8.78 Å². The number of hydrogen-bond acceptors (Lipinski definition) is 4. The third-order valence-corrected chi connectivity index (χ3v) is 3.12. The van der Waals surface area contributed by atoms with Crippen LogP contribution in [0.25, 0.3) is 0 Å². The number of halogens is 2. The molecule has 0 saturated carbocycles. The van der Waals surface area contributed by atoms with E-state index in [0.717, 1.165) is 17.1 Å². The van der Waals surface area contributed by atoms with E-state index < -0.39 is 6.61 Å². The molecule has 1 aromatic carbocycles. The zero-order valence-corrected chi connectivity index (χ0v) is 12.3. The lowest BCUT2D eigenvalue weighted by Gasteiger charge is -2.20. The van der Waals surface area contributed by atoms with Crippen LogP contribution in [0.2, 0.25) is 0 Å². The average molecular weight is 311 g/mol. The Morgan fingerprint density at radius 1 is 1.27 bits per heavy atom. The predicted octanol–water partition coefficient (Wildman–Crippen LogP) is 2.31. The smallest absolute Gasteiger partial charge is 0.387 e. The first-order valence-corrected chi connectivity index (χ1v) is 6.94. The van der Waals surface area contributed by atoms with E-state index >= 15 is 0 Å². The van der Waals surface area contributed by atoms with E-state index in [9.17, 15) is 13.9 Å². The van der Waals surface area contributed by atoms with Gasteiger partial charge >= 0.3 is 6.61 Å². The third kappa shape index (κ3) is 5.09. The topological polar surface area (TPSA) is 61.4 Å². The summed E-state index contributed by atoms with van der Waals surface area (Å²) in [6.45, 7) is 0.819. The predicted molar refractivity (Wildman–Crippen MR) is 77.6 cm³/mol. The van der Waals surface area contributed by atoms with Gasteiger partial charge in [-0.25, -0.2) is 4.98 Å². The van der Waals surface area contributed by atoms with Gasteiger partial charge in [0.25, 0.3) is 0 Å². The first-order chi connectivity index (χ1) is 10.6. The maximum Gasteiger partial charge on any atom is 0.387 e. The number of benzene rings is 1. The number of aryl methyl sites for hydroxylation is 1. The number of hydrogen-bond donors (Lipinski definition) is 2. The largest absolute Gasteiger partial charge is 0.435 e. The molecule has 0 saturated heterocycles. The summed E-state index contributed by atoms with van der Waals surface area (Å²) in [7, 11) is 0. The van der Waals surface area contributed by atoms with Crippen LogP contribution in [0.1, 0.15) is 17.1 Å². The monoisotopic (exact) mass is 311 g/mol. The standard InChI is InChI=1S/C15H19F2N3O2/c1-11-18-8-13(19-11)10-20(6-7-21)9-12-2-4-14(5-3-12)22-15(16)17/h2-5,8,15,21H,6-7,9-10H2,1H3,(H,18,19). The van der Waals surface area contributed by atoms with Crippen LogP contribution >= 0.6 is 0 Å². The summed E-state index contributed by atoms with van der Waals surface area (Å²) in [4.78, 5) is 9.33. The number of nitrogens with zero attached hydrogens (tertiary/aromatic N) is 2. The molecule has 120 valence electrons. The molecular weight excluding hydrogens is 292 g/mol. The van der Waals surface area contributed by atoms with Crippen molar-refractivity contribution >= 4 is 0 Å². The molecule has 0 unspecified atom stereocenters. The van der Waals surface area contributed by atoms with Crippen LogP contribution in [0, 0.1) is 6.92 Å². The van der Waals surface area contributed by atoms with Crippen LogP contribution in [0.15, 0.2) is 30.5 Å². The van der Waals surface area contributed by atoms with Gasteiger partial charge in [0.2, 0.25) is 0 Å². The first-order valence-electron chi connectivity index (χ1n) is 6.94.